The smallest absolute Gasteiger partial charge is 0.272 e. The predicted octanol–water partition coefficient (Wildman–Crippen LogP) is 3.93. The summed E-state index contributed by atoms with van der Waals surface area (Å²) in [5, 5.41) is 1.63. The van der Waals surface area contributed by atoms with E-state index in [1.807, 2.05) is 20.8 Å². The Morgan fingerprint density at radius 3 is 2.16 bits per heavy atom. The first-order valence-electron chi connectivity index (χ1n) is 7.78. The summed E-state index contributed by atoms with van der Waals surface area (Å²) in [5.74, 6) is -0.114. The molecule has 132 valence electrons. The van der Waals surface area contributed by atoms with Crippen molar-refractivity contribution in [2.45, 2.75) is 26.3 Å². The number of hydrogen-bond acceptors (Lipinski definition) is 3. The normalized spacial score (nSPS) is 10.9. The highest BCUT2D eigenvalue weighted by molar-refractivity contribution is 6.33. The molecule has 0 atom stereocenters. The van der Waals surface area contributed by atoms with Crippen molar-refractivity contribution < 1.29 is 14.3 Å². The van der Waals surface area contributed by atoms with Crippen molar-refractivity contribution >= 4 is 23.4 Å². The number of carbonyl (C=O) groups excluding carboxylic acids is 2. The lowest BCUT2D eigenvalue weighted by Gasteiger charge is -2.35. The zero-order valence-electron chi connectivity index (χ0n) is 14.7. The summed E-state index contributed by atoms with van der Waals surface area (Å²) in [6.45, 7) is 5.50. The first-order valence-corrected chi connectivity index (χ1v) is 8.16. The van der Waals surface area contributed by atoms with Gasteiger partial charge in [-0.2, -0.15) is 0 Å². The van der Waals surface area contributed by atoms with E-state index in [1.54, 1.807) is 55.6 Å². The Bertz CT molecular complexity index is 767. The molecule has 0 spiro atoms. The van der Waals surface area contributed by atoms with Gasteiger partial charge in [0.15, 0.2) is 0 Å². The Morgan fingerprint density at radius 2 is 1.64 bits per heavy atom. The highest BCUT2D eigenvalue weighted by Crippen LogP contribution is 2.20. The van der Waals surface area contributed by atoms with E-state index in [2.05, 4.69) is 5.43 Å². The molecule has 0 saturated carbocycles. The number of carbonyl (C=O) groups is 2. The van der Waals surface area contributed by atoms with Gasteiger partial charge in [-0.15, -0.1) is 0 Å². The average Bonchev–Trinajstić information content (AvgIpc) is 2.58. The topological polar surface area (TPSA) is 58.6 Å². The minimum atomic E-state index is -0.631. The number of methoxy groups -OCH3 is 1. The van der Waals surface area contributed by atoms with Crippen LogP contribution in [0.2, 0.25) is 5.02 Å². The molecule has 0 saturated heterocycles. The van der Waals surface area contributed by atoms with Crippen LogP contribution in [0.5, 0.6) is 5.75 Å². The Hall–Kier alpha value is -2.53. The molecular formula is C19H21ClN2O3. The Labute approximate surface area is 152 Å². The van der Waals surface area contributed by atoms with Gasteiger partial charge in [0, 0.05) is 5.56 Å². The molecule has 6 heteroatoms. The van der Waals surface area contributed by atoms with E-state index >= 15 is 0 Å². The lowest BCUT2D eigenvalue weighted by Crippen LogP contribution is -2.55. The molecule has 2 amide bonds. The second-order valence-corrected chi connectivity index (χ2v) is 6.87. The number of nitrogens with zero attached hydrogens (tertiary/aromatic N) is 1. The van der Waals surface area contributed by atoms with E-state index < -0.39 is 11.4 Å². The van der Waals surface area contributed by atoms with E-state index in [0.29, 0.717) is 21.9 Å². The molecule has 0 aliphatic carbocycles. The van der Waals surface area contributed by atoms with Crippen LogP contribution in [-0.4, -0.2) is 29.5 Å². The highest BCUT2D eigenvalue weighted by Gasteiger charge is 2.30. The second kappa shape index (κ2) is 7.57. The van der Waals surface area contributed by atoms with Crippen molar-refractivity contribution in [2.24, 2.45) is 0 Å². The molecule has 0 heterocycles. The molecule has 5 nitrogen and oxygen atoms in total. The molecule has 0 unspecified atom stereocenters. The molecule has 0 fully saturated rings. The minimum absolute atomic E-state index is 0.306. The van der Waals surface area contributed by atoms with Crippen LogP contribution < -0.4 is 10.2 Å². The number of halogens is 1. The van der Waals surface area contributed by atoms with Gasteiger partial charge in [-0.25, -0.2) is 5.01 Å². The van der Waals surface area contributed by atoms with Gasteiger partial charge < -0.3 is 4.74 Å². The minimum Gasteiger partial charge on any atom is -0.497 e. The average molecular weight is 361 g/mol. The van der Waals surface area contributed by atoms with Crippen molar-refractivity contribution in [3.63, 3.8) is 0 Å². The third-order valence-electron chi connectivity index (χ3n) is 3.54. The van der Waals surface area contributed by atoms with E-state index in [4.69, 9.17) is 16.3 Å². The molecule has 0 bridgehead atoms. The lowest BCUT2D eigenvalue weighted by molar-refractivity contribution is 0.0358. The SMILES string of the molecule is COc1ccc(C(=O)N(NC(=O)c2ccccc2Cl)C(C)(C)C)cc1. The zero-order valence-corrected chi connectivity index (χ0v) is 15.4. The van der Waals surface area contributed by atoms with Gasteiger partial charge in [-0.1, -0.05) is 23.7 Å². The molecule has 0 aliphatic rings. The fourth-order valence-corrected chi connectivity index (χ4v) is 2.41. The standard InChI is InChI=1S/C19H21ClN2O3/c1-19(2,3)22(18(24)13-9-11-14(25-4)12-10-13)21-17(23)15-7-5-6-8-16(15)20/h5-12H,1-4H3,(H,21,23). The summed E-state index contributed by atoms with van der Waals surface area (Å²) in [4.78, 5) is 25.4. The van der Waals surface area contributed by atoms with Crippen molar-refractivity contribution in [3.8, 4) is 5.75 Å². The van der Waals surface area contributed by atoms with Gasteiger partial charge in [-0.05, 0) is 57.2 Å². The number of hydrazine groups is 1. The Balaban J connectivity index is 2.28. The summed E-state index contributed by atoms with van der Waals surface area (Å²) in [7, 11) is 1.56. The van der Waals surface area contributed by atoms with E-state index in [-0.39, 0.29) is 5.91 Å². The number of rotatable bonds is 3. The number of hydrogen-bond donors (Lipinski definition) is 1. The maximum absolute atomic E-state index is 12.9. The Morgan fingerprint density at radius 1 is 1.04 bits per heavy atom. The largest absolute Gasteiger partial charge is 0.497 e. The highest BCUT2D eigenvalue weighted by atomic mass is 35.5. The van der Waals surface area contributed by atoms with Crippen LogP contribution >= 0.6 is 11.6 Å². The number of ether oxygens (including phenoxy) is 1. The summed E-state index contributed by atoms with van der Waals surface area (Å²) >= 11 is 6.07. The van der Waals surface area contributed by atoms with Gasteiger partial charge in [0.1, 0.15) is 5.75 Å². The molecule has 2 aromatic carbocycles. The zero-order chi connectivity index (χ0) is 18.6. The van der Waals surface area contributed by atoms with Crippen LogP contribution in [0.1, 0.15) is 41.5 Å². The summed E-state index contributed by atoms with van der Waals surface area (Å²) in [6, 6.07) is 13.4. The quantitative estimate of drug-likeness (QED) is 0.843. The third kappa shape index (κ3) is 4.51. The summed E-state index contributed by atoms with van der Waals surface area (Å²) in [6.07, 6.45) is 0. The molecule has 0 aliphatic heterocycles. The van der Waals surface area contributed by atoms with Crippen LogP contribution in [-0.2, 0) is 0 Å². The number of amides is 2. The van der Waals surface area contributed by atoms with Crippen molar-refractivity contribution in [1.82, 2.24) is 10.4 Å². The van der Waals surface area contributed by atoms with Gasteiger partial charge in [0.2, 0.25) is 0 Å². The summed E-state index contributed by atoms with van der Waals surface area (Å²) < 4.78 is 5.10. The van der Waals surface area contributed by atoms with Crippen LogP contribution in [0.3, 0.4) is 0 Å². The lowest BCUT2D eigenvalue weighted by atomic mass is 10.1. The molecular weight excluding hydrogens is 340 g/mol. The van der Waals surface area contributed by atoms with Crippen LogP contribution in [0.4, 0.5) is 0 Å². The molecule has 0 radical (unpaired) electrons. The first-order chi connectivity index (χ1) is 11.7. The molecule has 0 aromatic heterocycles. The fourth-order valence-electron chi connectivity index (χ4n) is 2.19. The van der Waals surface area contributed by atoms with Gasteiger partial charge in [0.05, 0.1) is 23.2 Å². The van der Waals surface area contributed by atoms with Crippen molar-refractivity contribution in [1.29, 1.82) is 0 Å². The molecule has 25 heavy (non-hydrogen) atoms. The van der Waals surface area contributed by atoms with Crippen LogP contribution in [0.25, 0.3) is 0 Å². The maximum atomic E-state index is 12.9. The molecule has 2 aromatic rings. The maximum Gasteiger partial charge on any atom is 0.272 e. The van der Waals surface area contributed by atoms with Crippen LogP contribution in [0.15, 0.2) is 48.5 Å². The van der Waals surface area contributed by atoms with Crippen molar-refractivity contribution in [2.75, 3.05) is 7.11 Å². The van der Waals surface area contributed by atoms with Gasteiger partial charge in [-0.3, -0.25) is 15.0 Å². The third-order valence-corrected chi connectivity index (χ3v) is 3.87. The first kappa shape index (κ1) is 18.8. The van der Waals surface area contributed by atoms with Gasteiger partial charge >= 0.3 is 0 Å². The van der Waals surface area contributed by atoms with E-state index in [9.17, 15) is 9.59 Å². The summed E-state index contributed by atoms with van der Waals surface area (Å²) in [5.41, 5.74) is 2.79. The van der Waals surface area contributed by atoms with E-state index in [0.717, 1.165) is 0 Å². The van der Waals surface area contributed by atoms with Crippen LogP contribution in [0, 0.1) is 0 Å². The Kier molecular flexibility index (Phi) is 5.69. The van der Waals surface area contributed by atoms with E-state index in [1.165, 1.54) is 5.01 Å². The number of benzene rings is 2. The van der Waals surface area contributed by atoms with Gasteiger partial charge in [0.25, 0.3) is 11.8 Å². The van der Waals surface area contributed by atoms with Crippen molar-refractivity contribution in [3.05, 3.63) is 64.7 Å². The monoisotopic (exact) mass is 360 g/mol. The second-order valence-electron chi connectivity index (χ2n) is 6.46. The fraction of sp³-hybridized carbons (Fsp3) is 0.263. The predicted molar refractivity (Wildman–Crippen MR) is 97.8 cm³/mol. The number of nitrogens with one attached hydrogen (secondary N) is 1. The molecule has 1 N–H and O–H groups in total. The molecule has 2 rings (SSSR count).